The number of aromatic carboxylic acids is 1. The highest BCUT2D eigenvalue weighted by Gasteiger charge is 2.16. The second kappa shape index (κ2) is 6.36. The summed E-state index contributed by atoms with van der Waals surface area (Å²) in [4.78, 5) is 23.3. The second-order valence-electron chi connectivity index (χ2n) is 3.93. The average molecular weight is 446 g/mol. The molecule has 0 aliphatic heterocycles. The lowest BCUT2D eigenvalue weighted by Gasteiger charge is -2.10. The number of amides is 1. The van der Waals surface area contributed by atoms with E-state index < -0.39 is 5.97 Å². The molecule has 0 heterocycles. The summed E-state index contributed by atoms with van der Waals surface area (Å²) in [5.74, 6) is -1.44. The highest BCUT2D eigenvalue weighted by Crippen LogP contribution is 2.27. The molecule has 0 fully saturated rings. The monoisotopic (exact) mass is 445 g/mol. The minimum absolute atomic E-state index is 0.0401. The summed E-state index contributed by atoms with van der Waals surface area (Å²) in [5, 5.41) is 11.8. The molecule has 0 radical (unpaired) electrons. The van der Waals surface area contributed by atoms with Gasteiger partial charge in [0.15, 0.2) is 0 Å². The molecule has 0 unspecified atom stereocenters. The van der Waals surface area contributed by atoms with Crippen LogP contribution in [-0.4, -0.2) is 17.0 Å². The molecule has 0 saturated heterocycles. The van der Waals surface area contributed by atoms with E-state index in [0.717, 1.165) is 3.57 Å². The van der Waals surface area contributed by atoms with E-state index in [9.17, 15) is 9.59 Å². The van der Waals surface area contributed by atoms with Gasteiger partial charge >= 0.3 is 5.97 Å². The zero-order chi connectivity index (χ0) is 14.7. The van der Waals surface area contributed by atoms with Gasteiger partial charge in [-0.05, 0) is 68.9 Å². The Kier molecular flexibility index (Phi) is 4.77. The molecule has 0 aromatic heterocycles. The summed E-state index contributed by atoms with van der Waals surface area (Å²) >= 11 is 5.36. The van der Waals surface area contributed by atoms with Gasteiger partial charge in [0.25, 0.3) is 5.91 Å². The maximum atomic E-state index is 12.2. The Balaban J connectivity index is 2.35. The van der Waals surface area contributed by atoms with Crippen molar-refractivity contribution in [2.24, 2.45) is 0 Å². The van der Waals surface area contributed by atoms with Gasteiger partial charge in [0, 0.05) is 13.6 Å². The van der Waals surface area contributed by atoms with Crippen molar-refractivity contribution in [2.45, 2.75) is 0 Å². The maximum Gasteiger partial charge on any atom is 0.337 e. The van der Waals surface area contributed by atoms with Crippen molar-refractivity contribution in [3.8, 4) is 0 Å². The van der Waals surface area contributed by atoms with E-state index in [1.165, 1.54) is 6.07 Å². The molecule has 0 spiro atoms. The van der Waals surface area contributed by atoms with E-state index in [2.05, 4.69) is 43.8 Å². The van der Waals surface area contributed by atoms with Crippen LogP contribution in [0, 0.1) is 3.57 Å². The fraction of sp³-hybridized carbons (Fsp3) is 0. The summed E-state index contributed by atoms with van der Waals surface area (Å²) in [6.07, 6.45) is 0. The molecule has 0 aliphatic carbocycles. The number of carbonyl (C=O) groups excluding carboxylic acids is 1. The third-order valence-electron chi connectivity index (χ3n) is 2.57. The SMILES string of the molecule is O=C(Nc1c(Br)cccc1C(=O)O)c1cccc(I)c1. The largest absolute Gasteiger partial charge is 0.478 e. The number of rotatable bonds is 3. The Bertz CT molecular complexity index is 688. The molecule has 2 rings (SSSR count). The van der Waals surface area contributed by atoms with E-state index in [4.69, 9.17) is 5.11 Å². The van der Waals surface area contributed by atoms with Crippen LogP contribution in [-0.2, 0) is 0 Å². The van der Waals surface area contributed by atoms with Crippen LogP contribution in [0.2, 0.25) is 0 Å². The molecule has 2 aromatic carbocycles. The standard InChI is InChI=1S/C14H9BrINO3/c15-11-6-2-5-10(14(19)20)12(11)17-13(18)8-3-1-4-9(16)7-8/h1-7H,(H,17,18)(H,19,20). The number of carbonyl (C=O) groups is 2. The third kappa shape index (κ3) is 3.37. The molecule has 0 saturated carbocycles. The zero-order valence-corrected chi connectivity index (χ0v) is 13.8. The van der Waals surface area contributed by atoms with Gasteiger partial charge < -0.3 is 10.4 Å². The molecule has 1 amide bonds. The molecular weight excluding hydrogens is 437 g/mol. The minimum atomic E-state index is -1.09. The predicted molar refractivity (Wildman–Crippen MR) is 88.2 cm³/mol. The number of para-hydroxylation sites is 1. The van der Waals surface area contributed by atoms with E-state index in [0.29, 0.717) is 10.0 Å². The number of halogens is 2. The van der Waals surface area contributed by atoms with Crippen molar-refractivity contribution in [2.75, 3.05) is 5.32 Å². The van der Waals surface area contributed by atoms with Crippen LogP contribution in [0.1, 0.15) is 20.7 Å². The lowest BCUT2D eigenvalue weighted by molar-refractivity contribution is 0.0698. The predicted octanol–water partition coefficient (Wildman–Crippen LogP) is 4.00. The van der Waals surface area contributed by atoms with E-state index in [-0.39, 0.29) is 17.2 Å². The Morgan fingerprint density at radius 3 is 2.50 bits per heavy atom. The number of hydrogen-bond acceptors (Lipinski definition) is 2. The third-order valence-corrected chi connectivity index (χ3v) is 3.90. The summed E-state index contributed by atoms with van der Waals surface area (Å²) in [6, 6.07) is 11.8. The summed E-state index contributed by atoms with van der Waals surface area (Å²) < 4.78 is 1.46. The van der Waals surface area contributed by atoms with Gasteiger partial charge in [-0.25, -0.2) is 4.79 Å². The number of hydrogen-bond donors (Lipinski definition) is 2. The van der Waals surface area contributed by atoms with Crippen molar-refractivity contribution < 1.29 is 14.7 Å². The van der Waals surface area contributed by atoms with Crippen LogP contribution in [0.5, 0.6) is 0 Å². The average Bonchev–Trinajstić information content (AvgIpc) is 2.40. The Hall–Kier alpha value is -1.41. The molecule has 20 heavy (non-hydrogen) atoms. The maximum absolute atomic E-state index is 12.2. The van der Waals surface area contributed by atoms with Crippen molar-refractivity contribution in [3.63, 3.8) is 0 Å². The molecule has 102 valence electrons. The number of anilines is 1. The van der Waals surface area contributed by atoms with Crippen LogP contribution in [0.3, 0.4) is 0 Å². The van der Waals surface area contributed by atoms with Crippen molar-refractivity contribution in [1.82, 2.24) is 0 Å². The van der Waals surface area contributed by atoms with Gasteiger partial charge in [0.05, 0.1) is 11.3 Å². The van der Waals surface area contributed by atoms with Gasteiger partial charge in [0.2, 0.25) is 0 Å². The molecule has 0 atom stereocenters. The summed E-state index contributed by atoms with van der Waals surface area (Å²) in [6.45, 7) is 0. The van der Waals surface area contributed by atoms with Gasteiger partial charge in [0.1, 0.15) is 0 Å². The molecule has 0 bridgehead atoms. The molecule has 6 heteroatoms. The van der Waals surface area contributed by atoms with Crippen molar-refractivity contribution in [1.29, 1.82) is 0 Å². The number of carboxylic acids is 1. The lowest BCUT2D eigenvalue weighted by Crippen LogP contribution is -2.15. The molecule has 0 aliphatic rings. The van der Waals surface area contributed by atoms with Crippen LogP contribution >= 0.6 is 38.5 Å². The fourth-order valence-corrected chi connectivity index (χ4v) is 2.65. The first kappa shape index (κ1) is 15.0. The zero-order valence-electron chi connectivity index (χ0n) is 10.1. The summed E-state index contributed by atoms with van der Waals surface area (Å²) in [5.41, 5.74) is 0.770. The minimum Gasteiger partial charge on any atom is -0.478 e. The van der Waals surface area contributed by atoms with E-state index in [1.807, 2.05) is 6.07 Å². The second-order valence-corrected chi connectivity index (χ2v) is 6.03. The number of nitrogens with one attached hydrogen (secondary N) is 1. The Morgan fingerprint density at radius 1 is 1.15 bits per heavy atom. The topological polar surface area (TPSA) is 66.4 Å². The highest BCUT2D eigenvalue weighted by molar-refractivity contribution is 14.1. The van der Waals surface area contributed by atoms with Gasteiger partial charge in [-0.15, -0.1) is 0 Å². The number of carboxylic acid groups (broad SMARTS) is 1. The van der Waals surface area contributed by atoms with Crippen LogP contribution < -0.4 is 5.32 Å². The van der Waals surface area contributed by atoms with Gasteiger partial charge in [-0.2, -0.15) is 0 Å². The van der Waals surface area contributed by atoms with Crippen molar-refractivity contribution >= 4 is 56.1 Å². The first-order valence-corrected chi connectivity index (χ1v) is 7.45. The Morgan fingerprint density at radius 2 is 1.85 bits per heavy atom. The highest BCUT2D eigenvalue weighted by atomic mass is 127. The van der Waals surface area contributed by atoms with Gasteiger partial charge in [-0.3, -0.25) is 4.79 Å². The number of benzene rings is 2. The van der Waals surface area contributed by atoms with E-state index in [1.54, 1.807) is 30.3 Å². The lowest BCUT2D eigenvalue weighted by atomic mass is 10.1. The van der Waals surface area contributed by atoms with Crippen LogP contribution in [0.4, 0.5) is 5.69 Å². The smallest absolute Gasteiger partial charge is 0.337 e. The quantitative estimate of drug-likeness (QED) is 0.701. The van der Waals surface area contributed by atoms with Gasteiger partial charge in [-0.1, -0.05) is 12.1 Å². The first-order valence-electron chi connectivity index (χ1n) is 5.58. The normalized spacial score (nSPS) is 10.1. The Labute approximate surface area is 137 Å². The molecule has 2 N–H and O–H groups in total. The summed E-state index contributed by atoms with van der Waals surface area (Å²) in [7, 11) is 0. The first-order chi connectivity index (χ1) is 9.49. The van der Waals surface area contributed by atoms with Crippen LogP contribution in [0.25, 0.3) is 0 Å². The fourth-order valence-electron chi connectivity index (χ4n) is 1.64. The van der Waals surface area contributed by atoms with Crippen LogP contribution in [0.15, 0.2) is 46.9 Å². The molecule has 4 nitrogen and oxygen atoms in total. The van der Waals surface area contributed by atoms with E-state index >= 15 is 0 Å². The molecule has 2 aromatic rings. The molecular formula is C14H9BrINO3. The van der Waals surface area contributed by atoms with Crippen molar-refractivity contribution in [3.05, 3.63) is 61.6 Å².